The van der Waals surface area contributed by atoms with Crippen LogP contribution in [0.5, 0.6) is 0 Å². The predicted octanol–water partition coefficient (Wildman–Crippen LogP) is -0.712. The topological polar surface area (TPSA) is 117 Å². The van der Waals surface area contributed by atoms with Crippen molar-refractivity contribution in [1.29, 1.82) is 0 Å². The average molecular weight is 173 g/mol. The van der Waals surface area contributed by atoms with E-state index in [1.54, 1.807) is 0 Å². The second-order valence-electron chi connectivity index (χ2n) is 1.79. The third-order valence-electron chi connectivity index (χ3n) is 1.05. The summed E-state index contributed by atoms with van der Waals surface area (Å²) in [4.78, 5) is 21.5. The minimum absolute atomic E-state index is 0.556. The van der Waals surface area contributed by atoms with E-state index in [-0.39, 0.29) is 0 Å². The first-order valence-corrected chi connectivity index (χ1v) is 2.74. The molecule has 64 valence electrons. The molecule has 9 nitrogen and oxygen atoms in total. The molecule has 0 aromatic carbocycles. The van der Waals surface area contributed by atoms with Gasteiger partial charge in [0.15, 0.2) is 0 Å². The van der Waals surface area contributed by atoms with Crippen LogP contribution >= 0.6 is 0 Å². The van der Waals surface area contributed by atoms with Gasteiger partial charge in [0.2, 0.25) is 0 Å². The minimum atomic E-state index is -2.09. The van der Waals surface area contributed by atoms with Crippen molar-refractivity contribution in [3.63, 3.8) is 0 Å². The highest BCUT2D eigenvalue weighted by Crippen LogP contribution is 2.03. The van der Waals surface area contributed by atoms with E-state index >= 15 is 0 Å². The van der Waals surface area contributed by atoms with E-state index in [9.17, 15) is 20.2 Å². The van der Waals surface area contributed by atoms with Gasteiger partial charge in [-0.05, 0) is 0 Å². The molecule has 0 amide bonds. The molecule has 0 saturated heterocycles. The summed E-state index contributed by atoms with van der Waals surface area (Å²) >= 11 is 0. The van der Waals surface area contributed by atoms with Crippen LogP contribution in [-0.2, 0) is 0 Å². The minimum Gasteiger partial charge on any atom is -0.257 e. The predicted molar refractivity (Wildman–Crippen MR) is 33.0 cm³/mol. The van der Waals surface area contributed by atoms with E-state index < -0.39 is 16.1 Å². The first kappa shape index (κ1) is 8.04. The summed E-state index contributed by atoms with van der Waals surface area (Å²) < 4.78 is 0.556. The van der Waals surface area contributed by atoms with E-state index in [2.05, 4.69) is 10.1 Å². The van der Waals surface area contributed by atoms with E-state index in [4.69, 9.17) is 0 Å². The van der Waals surface area contributed by atoms with Gasteiger partial charge < -0.3 is 0 Å². The third kappa shape index (κ3) is 1.33. The van der Waals surface area contributed by atoms with Gasteiger partial charge >= 0.3 is 6.29 Å². The molecule has 1 rings (SSSR count). The van der Waals surface area contributed by atoms with Crippen molar-refractivity contribution in [2.24, 2.45) is 0 Å². The summed E-state index contributed by atoms with van der Waals surface area (Å²) in [6, 6.07) is 0. The first-order chi connectivity index (χ1) is 5.63. The molecule has 0 atom stereocenters. The van der Waals surface area contributed by atoms with Crippen molar-refractivity contribution in [3.8, 4) is 0 Å². The molecular weight excluding hydrogens is 170 g/mol. The summed E-state index contributed by atoms with van der Waals surface area (Å²) in [5.41, 5.74) is 0. The monoisotopic (exact) mass is 173 g/mol. The SMILES string of the molecule is O=[N+]([O-])C(n1cncn1)[N+](=O)[O-]. The zero-order valence-corrected chi connectivity index (χ0v) is 5.60. The van der Waals surface area contributed by atoms with Crippen molar-refractivity contribution in [3.05, 3.63) is 32.9 Å². The Morgan fingerprint density at radius 2 is 1.92 bits per heavy atom. The number of nitro groups is 2. The first-order valence-electron chi connectivity index (χ1n) is 2.74. The molecule has 0 saturated carbocycles. The zero-order valence-electron chi connectivity index (χ0n) is 5.60. The maximum Gasteiger partial charge on any atom is 0.555 e. The van der Waals surface area contributed by atoms with Crippen molar-refractivity contribution in [1.82, 2.24) is 14.8 Å². The summed E-state index contributed by atoms with van der Waals surface area (Å²) in [7, 11) is 0. The maximum atomic E-state index is 10.1. The van der Waals surface area contributed by atoms with E-state index in [1.165, 1.54) is 0 Å². The van der Waals surface area contributed by atoms with Crippen molar-refractivity contribution >= 4 is 0 Å². The van der Waals surface area contributed by atoms with Crippen LogP contribution in [0, 0.1) is 20.2 Å². The fraction of sp³-hybridized carbons (Fsp3) is 0.333. The quantitative estimate of drug-likeness (QED) is 0.338. The summed E-state index contributed by atoms with van der Waals surface area (Å²) in [5.74, 6) is 0. The Hall–Kier alpha value is -2.06. The van der Waals surface area contributed by atoms with Crippen molar-refractivity contribution in [2.75, 3.05) is 0 Å². The Morgan fingerprint density at radius 3 is 2.25 bits per heavy atom. The second-order valence-corrected chi connectivity index (χ2v) is 1.79. The molecule has 0 aliphatic rings. The number of hydrogen-bond donors (Lipinski definition) is 0. The maximum absolute atomic E-state index is 10.1. The van der Waals surface area contributed by atoms with E-state index in [0.717, 1.165) is 12.7 Å². The summed E-state index contributed by atoms with van der Waals surface area (Å²) in [5, 5.41) is 23.5. The molecule has 0 N–H and O–H groups in total. The summed E-state index contributed by atoms with van der Waals surface area (Å²) in [6.07, 6.45) is -0.191. The summed E-state index contributed by atoms with van der Waals surface area (Å²) in [6.45, 7) is 0. The highest BCUT2D eigenvalue weighted by molar-refractivity contribution is 4.55. The lowest BCUT2D eigenvalue weighted by atomic mass is 10.9. The Morgan fingerprint density at radius 1 is 1.33 bits per heavy atom. The lowest BCUT2D eigenvalue weighted by molar-refractivity contribution is -0.774. The van der Waals surface area contributed by atoms with Crippen molar-refractivity contribution in [2.45, 2.75) is 6.29 Å². The van der Waals surface area contributed by atoms with Crippen LogP contribution in [0.1, 0.15) is 6.29 Å². The standard InChI is InChI=1S/C3H3N5O4/c9-7(10)3(8(11)12)6-2-4-1-5-6/h1-3H. The van der Waals surface area contributed by atoms with Crippen LogP contribution in [0.2, 0.25) is 0 Å². The molecule has 12 heavy (non-hydrogen) atoms. The molecule has 1 heterocycles. The highest BCUT2D eigenvalue weighted by atomic mass is 16.7. The number of nitrogens with zero attached hydrogens (tertiary/aromatic N) is 5. The number of rotatable bonds is 3. The Balaban J connectivity index is 2.96. The molecule has 0 radical (unpaired) electrons. The Labute approximate surface area is 64.9 Å². The largest absolute Gasteiger partial charge is 0.555 e. The van der Waals surface area contributed by atoms with Gasteiger partial charge in [-0.2, -0.15) is 0 Å². The molecule has 0 fully saturated rings. The molecule has 9 heteroatoms. The number of hydrogen-bond acceptors (Lipinski definition) is 6. The molecule has 0 spiro atoms. The van der Waals surface area contributed by atoms with Gasteiger partial charge in [-0.3, -0.25) is 20.2 Å². The highest BCUT2D eigenvalue weighted by Gasteiger charge is 2.34. The number of aromatic nitrogens is 3. The van der Waals surface area contributed by atoms with Crippen LogP contribution in [0.25, 0.3) is 0 Å². The lowest BCUT2D eigenvalue weighted by Crippen LogP contribution is -2.26. The molecule has 1 aromatic heterocycles. The van der Waals surface area contributed by atoms with Crippen LogP contribution in [0.15, 0.2) is 12.7 Å². The Kier molecular flexibility index (Phi) is 1.94. The van der Waals surface area contributed by atoms with Crippen LogP contribution in [0.3, 0.4) is 0 Å². The Bertz CT molecular complexity index is 280. The third-order valence-corrected chi connectivity index (χ3v) is 1.05. The van der Waals surface area contributed by atoms with Gasteiger partial charge in [-0.25, -0.2) is 4.98 Å². The molecule has 0 aliphatic heterocycles. The average Bonchev–Trinajstić information content (AvgIpc) is 2.37. The van der Waals surface area contributed by atoms with Gasteiger partial charge in [-0.15, -0.1) is 9.78 Å². The normalized spacial score (nSPS) is 10.1. The van der Waals surface area contributed by atoms with Crippen LogP contribution in [0.4, 0.5) is 0 Å². The zero-order chi connectivity index (χ0) is 9.14. The van der Waals surface area contributed by atoms with E-state index in [0.29, 0.717) is 4.68 Å². The van der Waals surface area contributed by atoms with Crippen molar-refractivity contribution < 1.29 is 9.85 Å². The fourth-order valence-corrected chi connectivity index (χ4v) is 0.607. The molecular formula is C3H3N5O4. The van der Waals surface area contributed by atoms with Gasteiger partial charge in [0.25, 0.3) is 0 Å². The molecule has 0 bridgehead atoms. The molecule has 0 unspecified atom stereocenters. The lowest BCUT2D eigenvalue weighted by Gasteiger charge is -1.98. The van der Waals surface area contributed by atoms with Gasteiger partial charge in [0.1, 0.15) is 22.5 Å². The van der Waals surface area contributed by atoms with Crippen LogP contribution < -0.4 is 0 Å². The molecule has 1 aromatic rings. The molecule has 0 aliphatic carbocycles. The fourth-order valence-electron chi connectivity index (χ4n) is 0.607. The van der Waals surface area contributed by atoms with E-state index in [1.807, 2.05) is 0 Å². The van der Waals surface area contributed by atoms with Gasteiger partial charge in [0.05, 0.1) is 0 Å². The van der Waals surface area contributed by atoms with Crippen LogP contribution in [-0.4, -0.2) is 24.6 Å². The van der Waals surface area contributed by atoms with Gasteiger partial charge in [0, 0.05) is 0 Å². The second kappa shape index (κ2) is 2.90. The smallest absolute Gasteiger partial charge is 0.257 e. The van der Waals surface area contributed by atoms with Gasteiger partial charge in [-0.1, -0.05) is 0 Å².